The van der Waals surface area contributed by atoms with Gasteiger partial charge in [-0.15, -0.1) is 0 Å². The van der Waals surface area contributed by atoms with Gasteiger partial charge in [0.25, 0.3) is 0 Å². The third kappa shape index (κ3) is 3.13. The highest BCUT2D eigenvalue weighted by molar-refractivity contribution is 6.04. The molecule has 2 aliphatic rings. The van der Waals surface area contributed by atoms with Crippen LogP contribution in [0.25, 0.3) is 0 Å². The summed E-state index contributed by atoms with van der Waals surface area (Å²) in [4.78, 5) is 30.3. The number of hydrogen-bond donors (Lipinski definition) is 1. The van der Waals surface area contributed by atoms with Crippen LogP contribution >= 0.6 is 0 Å². The summed E-state index contributed by atoms with van der Waals surface area (Å²) in [6.45, 7) is 1.85. The minimum absolute atomic E-state index is 0.0483. The van der Waals surface area contributed by atoms with Crippen LogP contribution in [-0.2, 0) is 14.3 Å². The molecule has 2 heterocycles. The maximum absolute atomic E-state index is 13.3. The number of nitrogens with zero attached hydrogens (tertiary/aromatic N) is 1. The lowest BCUT2D eigenvalue weighted by Gasteiger charge is -2.36. The number of hydrogen-bond acceptors (Lipinski definition) is 5. The number of allylic oxidation sites excluding steroid dienone is 3. The molecular weight excluding hydrogens is 352 g/mol. The first-order valence-electron chi connectivity index (χ1n) is 9.38. The molecule has 0 spiro atoms. The Morgan fingerprint density at radius 1 is 1.11 bits per heavy atom. The van der Waals surface area contributed by atoms with Gasteiger partial charge in [-0.1, -0.05) is 36.4 Å². The van der Waals surface area contributed by atoms with Crippen molar-refractivity contribution in [2.45, 2.75) is 31.6 Å². The van der Waals surface area contributed by atoms with E-state index in [4.69, 9.17) is 4.74 Å². The van der Waals surface area contributed by atoms with Crippen LogP contribution in [0.4, 0.5) is 0 Å². The minimum Gasteiger partial charge on any atom is -0.466 e. The number of nitrogens with one attached hydrogen (secondary N) is 1. The van der Waals surface area contributed by atoms with Crippen LogP contribution < -0.4 is 5.32 Å². The first kappa shape index (κ1) is 18.2. The van der Waals surface area contributed by atoms with Gasteiger partial charge in [0.2, 0.25) is 0 Å². The average molecular weight is 374 g/mol. The molecule has 0 radical (unpaired) electrons. The Morgan fingerprint density at radius 2 is 1.86 bits per heavy atom. The second-order valence-corrected chi connectivity index (χ2v) is 7.17. The number of dihydropyridines is 1. The molecular formula is C23H22N2O3. The fourth-order valence-electron chi connectivity index (χ4n) is 4.22. The van der Waals surface area contributed by atoms with Crippen LogP contribution in [0, 0.1) is 0 Å². The van der Waals surface area contributed by atoms with Gasteiger partial charge in [-0.25, -0.2) is 4.79 Å². The van der Waals surface area contributed by atoms with E-state index >= 15 is 0 Å². The third-order valence-electron chi connectivity index (χ3n) is 5.49. The molecule has 1 N–H and O–H groups in total. The lowest BCUT2D eigenvalue weighted by Crippen LogP contribution is -2.36. The van der Waals surface area contributed by atoms with E-state index < -0.39 is 11.9 Å². The second kappa shape index (κ2) is 7.43. The number of rotatable bonds is 3. The van der Waals surface area contributed by atoms with Gasteiger partial charge in [0.05, 0.1) is 24.3 Å². The largest absolute Gasteiger partial charge is 0.466 e. The van der Waals surface area contributed by atoms with Crippen LogP contribution in [0.1, 0.15) is 42.9 Å². The monoisotopic (exact) mass is 374 g/mol. The summed E-state index contributed by atoms with van der Waals surface area (Å²) in [5, 5.41) is 3.32. The third-order valence-corrected chi connectivity index (χ3v) is 5.49. The highest BCUT2D eigenvalue weighted by Crippen LogP contribution is 2.45. The summed E-state index contributed by atoms with van der Waals surface area (Å²) in [5.74, 6) is -0.775. The molecule has 0 amide bonds. The van der Waals surface area contributed by atoms with E-state index in [1.54, 1.807) is 6.20 Å². The zero-order valence-electron chi connectivity index (χ0n) is 15.9. The van der Waals surface area contributed by atoms with E-state index in [-0.39, 0.29) is 11.7 Å². The van der Waals surface area contributed by atoms with Crippen LogP contribution in [0.15, 0.2) is 77.3 Å². The molecule has 5 heteroatoms. The summed E-state index contributed by atoms with van der Waals surface area (Å²) in [6, 6.07) is 15.6. The van der Waals surface area contributed by atoms with Gasteiger partial charge in [-0.05, 0) is 37.0 Å². The highest BCUT2D eigenvalue weighted by Gasteiger charge is 2.41. The first-order chi connectivity index (χ1) is 13.6. The van der Waals surface area contributed by atoms with Gasteiger partial charge in [0.1, 0.15) is 0 Å². The minimum atomic E-state index is -0.505. The first-order valence-corrected chi connectivity index (χ1v) is 9.38. The van der Waals surface area contributed by atoms with Crippen molar-refractivity contribution >= 4 is 11.8 Å². The number of carbonyl (C=O) groups excluding carboxylic acids is 2. The molecule has 1 aliphatic carbocycles. The fourth-order valence-corrected chi connectivity index (χ4v) is 4.22. The summed E-state index contributed by atoms with van der Waals surface area (Å²) < 4.78 is 5.02. The molecule has 0 saturated heterocycles. The predicted octanol–water partition coefficient (Wildman–Crippen LogP) is 3.62. The fraction of sp³-hybridized carbons (Fsp3) is 0.261. The van der Waals surface area contributed by atoms with Crippen LogP contribution in [-0.4, -0.2) is 23.8 Å². The lowest BCUT2D eigenvalue weighted by molar-refractivity contribution is -0.136. The Kier molecular flexibility index (Phi) is 4.82. The second-order valence-electron chi connectivity index (χ2n) is 7.17. The Hall–Kier alpha value is -3.21. The number of pyridine rings is 1. The van der Waals surface area contributed by atoms with Crippen molar-refractivity contribution in [3.8, 4) is 0 Å². The lowest BCUT2D eigenvalue weighted by atomic mass is 9.73. The topological polar surface area (TPSA) is 68.3 Å². The van der Waals surface area contributed by atoms with Gasteiger partial charge in [-0.3, -0.25) is 9.78 Å². The summed E-state index contributed by atoms with van der Waals surface area (Å²) in [7, 11) is 1.36. The number of Topliss-reactive ketones (excluding diaryl/α,β-unsaturated/α-hetero) is 1. The molecule has 0 saturated carbocycles. The maximum Gasteiger partial charge on any atom is 0.336 e. The van der Waals surface area contributed by atoms with E-state index in [1.165, 1.54) is 7.11 Å². The quantitative estimate of drug-likeness (QED) is 0.831. The Bertz CT molecular complexity index is 977. The standard InChI is InChI=1S/C23H22N2O3/c1-14-20(23(27)28-2)22(17-10-6-7-11-24-17)21-18(25-14)12-16(13-19(21)26)15-8-4-3-5-9-15/h3-11,16,22,25H,12-13H2,1-2H3. The molecule has 1 aliphatic heterocycles. The number of benzene rings is 1. The molecule has 4 rings (SSSR count). The SMILES string of the molecule is COC(=O)C1=C(C)NC2=C(C(=O)CC(c3ccccc3)C2)C1c1ccccn1. The molecule has 2 atom stereocenters. The summed E-state index contributed by atoms with van der Waals surface area (Å²) in [6.07, 6.45) is 2.82. The van der Waals surface area contributed by atoms with Crippen molar-refractivity contribution in [1.82, 2.24) is 10.3 Å². The highest BCUT2D eigenvalue weighted by atomic mass is 16.5. The number of carbonyl (C=O) groups is 2. The van der Waals surface area contributed by atoms with Crippen LogP contribution in [0.5, 0.6) is 0 Å². The van der Waals surface area contributed by atoms with E-state index in [0.29, 0.717) is 29.0 Å². The molecule has 0 bridgehead atoms. The van der Waals surface area contributed by atoms with E-state index in [9.17, 15) is 9.59 Å². The van der Waals surface area contributed by atoms with Gasteiger partial charge in [0, 0.05) is 29.6 Å². The zero-order valence-corrected chi connectivity index (χ0v) is 15.9. The Morgan fingerprint density at radius 3 is 2.54 bits per heavy atom. The molecule has 142 valence electrons. The Balaban J connectivity index is 1.81. The zero-order chi connectivity index (χ0) is 19.7. The maximum atomic E-state index is 13.3. The molecule has 5 nitrogen and oxygen atoms in total. The van der Waals surface area contributed by atoms with Gasteiger partial charge >= 0.3 is 5.97 Å². The van der Waals surface area contributed by atoms with Crippen molar-refractivity contribution in [3.63, 3.8) is 0 Å². The van der Waals surface area contributed by atoms with Gasteiger partial charge in [0.15, 0.2) is 5.78 Å². The van der Waals surface area contributed by atoms with Gasteiger partial charge in [-0.2, -0.15) is 0 Å². The normalized spacial score (nSPS) is 21.9. The van der Waals surface area contributed by atoms with Crippen molar-refractivity contribution in [1.29, 1.82) is 0 Å². The molecule has 2 unspecified atom stereocenters. The molecule has 1 aromatic heterocycles. The summed E-state index contributed by atoms with van der Waals surface area (Å²) >= 11 is 0. The number of methoxy groups -OCH3 is 1. The number of aromatic nitrogens is 1. The molecule has 1 aromatic carbocycles. The Labute approximate surface area is 164 Å². The van der Waals surface area contributed by atoms with Crippen molar-refractivity contribution in [2.75, 3.05) is 7.11 Å². The predicted molar refractivity (Wildman–Crippen MR) is 105 cm³/mol. The van der Waals surface area contributed by atoms with Crippen LogP contribution in [0.3, 0.4) is 0 Å². The molecule has 28 heavy (non-hydrogen) atoms. The van der Waals surface area contributed by atoms with Gasteiger partial charge < -0.3 is 10.1 Å². The number of ether oxygens (including phenoxy) is 1. The van der Waals surface area contributed by atoms with E-state index in [1.807, 2.05) is 43.3 Å². The number of esters is 1. The molecule has 0 fully saturated rings. The number of ketones is 1. The summed E-state index contributed by atoms with van der Waals surface area (Å²) in [5.41, 5.74) is 4.51. The van der Waals surface area contributed by atoms with Crippen molar-refractivity contribution in [3.05, 3.63) is 88.5 Å². The van der Waals surface area contributed by atoms with Crippen LogP contribution in [0.2, 0.25) is 0 Å². The van der Waals surface area contributed by atoms with E-state index in [2.05, 4.69) is 22.4 Å². The molecule has 2 aromatic rings. The average Bonchev–Trinajstić information content (AvgIpc) is 2.73. The smallest absolute Gasteiger partial charge is 0.336 e. The van der Waals surface area contributed by atoms with Crippen molar-refractivity contribution in [2.24, 2.45) is 0 Å². The van der Waals surface area contributed by atoms with E-state index in [0.717, 1.165) is 17.7 Å². The van der Waals surface area contributed by atoms with Crippen molar-refractivity contribution < 1.29 is 14.3 Å².